The number of hydrogen-bond acceptors (Lipinski definition) is 1. The summed E-state index contributed by atoms with van der Waals surface area (Å²) < 4.78 is 23.2. The standard InChI is InChI=1S/2CH3.Mg.2H2O.O.Ti/h2*1H3;;2*1H2;;/q;;;;;;+2/p-2. The molecule has 0 radical (unpaired) electrons. The van der Waals surface area contributed by atoms with E-state index in [1.54, 1.807) is 0 Å². The zero-order valence-corrected chi connectivity index (χ0v) is 7.49. The van der Waals surface area contributed by atoms with Crippen LogP contribution in [0.4, 0.5) is 0 Å². The van der Waals surface area contributed by atoms with E-state index in [0.29, 0.717) is 20.4 Å². The van der Waals surface area contributed by atoms with Gasteiger partial charge in [-0.3, -0.25) is 0 Å². The molecule has 0 saturated carbocycles. The van der Waals surface area contributed by atoms with Gasteiger partial charge < -0.3 is 0 Å². The normalized spacial score (nSPS) is 5.14. The van der Waals surface area contributed by atoms with Gasteiger partial charge in [0.2, 0.25) is 0 Å². The third-order valence-electron chi connectivity index (χ3n) is 0. The van der Waals surface area contributed by atoms with Gasteiger partial charge in [0.25, 0.3) is 0 Å². The molecule has 0 aliphatic rings. The van der Waals surface area contributed by atoms with E-state index in [1.165, 1.54) is 0 Å². The summed E-state index contributed by atoms with van der Waals surface area (Å²) >= 11 is -3.17. The van der Waals surface area contributed by atoms with E-state index in [2.05, 4.69) is 10.1 Å². The van der Waals surface area contributed by atoms with Crippen LogP contribution in [-0.2, 0) is 21.9 Å². The molecule has 7 heavy (non-hydrogen) atoms. The van der Waals surface area contributed by atoms with Crippen molar-refractivity contribution >= 4 is 20.4 Å². The molecule has 0 aromatic heterocycles. The molecule has 0 saturated heterocycles. The van der Waals surface area contributed by atoms with Crippen molar-refractivity contribution in [1.82, 2.24) is 0 Å². The van der Waals surface area contributed by atoms with Crippen molar-refractivity contribution in [2.24, 2.45) is 0 Å². The van der Waals surface area contributed by atoms with Crippen LogP contribution in [0.1, 0.15) is 0 Å². The molecule has 0 amide bonds. The van der Waals surface area contributed by atoms with Crippen LogP contribution in [0.5, 0.6) is 0 Å². The Bertz CT molecular complexity index is 44.2. The fraction of sp³-hybridized carbons (Fsp3) is 1.00. The van der Waals surface area contributed by atoms with E-state index in [-0.39, 0.29) is 0 Å². The van der Waals surface area contributed by atoms with Crippen LogP contribution < -0.4 is 0 Å². The first-order valence-corrected chi connectivity index (χ1v) is 6.93. The molecule has 0 aromatic rings. The molecular formula is C2H8MgO3Ti. The van der Waals surface area contributed by atoms with Gasteiger partial charge in [-0.05, 0) is 0 Å². The molecule has 0 aromatic carbocycles. The van der Waals surface area contributed by atoms with E-state index in [4.69, 9.17) is 10.7 Å². The molecule has 0 bridgehead atoms. The van der Waals surface area contributed by atoms with Crippen molar-refractivity contribution in [3.05, 3.63) is 0 Å². The Morgan fingerprint density at radius 3 is 1.43 bits per heavy atom. The molecule has 40 valence electrons. The Balaban J connectivity index is 0. The second-order valence-corrected chi connectivity index (χ2v) is 3.29. The van der Waals surface area contributed by atoms with Crippen molar-refractivity contribution in [2.75, 3.05) is 0 Å². The Morgan fingerprint density at radius 2 is 1.43 bits per heavy atom. The van der Waals surface area contributed by atoms with Crippen LogP contribution in [0.15, 0.2) is 0 Å². The maximum atomic E-state index is 8.81. The molecular weight excluding hydrogens is 144 g/mol. The summed E-state index contributed by atoms with van der Waals surface area (Å²) in [5.41, 5.74) is 0. The quantitative estimate of drug-likeness (QED) is 0.462. The van der Waals surface area contributed by atoms with Gasteiger partial charge in [-0.2, -0.15) is 10.1 Å². The van der Waals surface area contributed by atoms with Crippen molar-refractivity contribution in [2.45, 2.75) is 10.1 Å². The van der Waals surface area contributed by atoms with Gasteiger partial charge >= 0.3 is 49.7 Å². The Morgan fingerprint density at radius 1 is 1.43 bits per heavy atom. The number of hydrogen-bond donors (Lipinski definition) is 2. The third kappa shape index (κ3) is 135. The predicted octanol–water partition coefficient (Wildman–Crippen LogP) is -0.449. The third-order valence-corrected chi connectivity index (χ3v) is 0. The van der Waals surface area contributed by atoms with Gasteiger partial charge in [-0.15, -0.1) is 0 Å². The second kappa shape index (κ2) is 10.2. The average molecular weight is 152 g/mol. The minimum atomic E-state index is -3.58. The van der Waals surface area contributed by atoms with Crippen LogP contribution in [0.25, 0.3) is 0 Å². The van der Waals surface area contributed by atoms with E-state index < -0.39 is 18.6 Å². The van der Waals surface area contributed by atoms with Gasteiger partial charge in [-0.1, -0.05) is 0 Å². The van der Waals surface area contributed by atoms with Crippen molar-refractivity contribution in [3.63, 3.8) is 0 Å². The predicted molar refractivity (Wildman–Crippen MR) is 22.6 cm³/mol. The Hall–Kier alpha value is 1.20. The SMILES string of the molecule is [CH3][Mg][CH3].[O]=[Ti]([OH])[OH]. The summed E-state index contributed by atoms with van der Waals surface area (Å²) in [6.45, 7) is 0. The molecule has 3 nitrogen and oxygen atoms in total. The van der Waals surface area contributed by atoms with E-state index in [9.17, 15) is 0 Å². The zero-order valence-electron chi connectivity index (χ0n) is 4.51. The molecule has 0 fully saturated rings. The molecule has 0 unspecified atom stereocenters. The van der Waals surface area contributed by atoms with Crippen LogP contribution in [0.2, 0.25) is 10.1 Å². The first-order valence-electron chi connectivity index (χ1n) is 2.07. The molecule has 0 rings (SSSR count). The topological polar surface area (TPSA) is 57.5 Å². The van der Waals surface area contributed by atoms with Gasteiger partial charge in [0.1, 0.15) is 0 Å². The first kappa shape index (κ1) is 11.1. The summed E-state index contributed by atoms with van der Waals surface area (Å²) in [5.74, 6) is 0. The van der Waals surface area contributed by atoms with Crippen LogP contribution in [-0.4, -0.2) is 27.7 Å². The molecule has 0 spiro atoms. The van der Waals surface area contributed by atoms with Gasteiger partial charge in [0, 0.05) is 0 Å². The van der Waals surface area contributed by atoms with Crippen molar-refractivity contribution in [1.29, 1.82) is 0 Å². The van der Waals surface area contributed by atoms with Crippen LogP contribution >= 0.6 is 0 Å². The van der Waals surface area contributed by atoms with Gasteiger partial charge in [-0.25, -0.2) is 0 Å². The monoisotopic (exact) mass is 152 g/mol. The van der Waals surface area contributed by atoms with Gasteiger partial charge in [0.05, 0.1) is 0 Å². The van der Waals surface area contributed by atoms with Crippen LogP contribution in [0.3, 0.4) is 0 Å². The molecule has 0 atom stereocenters. The van der Waals surface area contributed by atoms with E-state index >= 15 is 0 Å². The summed E-state index contributed by atoms with van der Waals surface area (Å²) in [6.07, 6.45) is 0. The Labute approximate surface area is 59.6 Å². The summed E-state index contributed by atoms with van der Waals surface area (Å²) in [7, 11) is 0. The maximum absolute atomic E-state index is 8.81. The first-order chi connectivity index (χ1) is 3.15. The van der Waals surface area contributed by atoms with Crippen molar-refractivity contribution in [3.8, 4) is 0 Å². The molecule has 5 heteroatoms. The van der Waals surface area contributed by atoms with Crippen molar-refractivity contribution < 1.29 is 29.3 Å². The summed E-state index contributed by atoms with van der Waals surface area (Å²) in [4.78, 5) is 0. The Kier molecular flexibility index (Phi) is 16.2. The molecule has 2 N–H and O–H groups in total. The average Bonchev–Trinajstić information content (AvgIpc) is 1.33. The fourth-order valence-corrected chi connectivity index (χ4v) is 0. The van der Waals surface area contributed by atoms with Crippen LogP contribution in [0, 0.1) is 0 Å². The zero-order chi connectivity index (χ0) is 6.28. The summed E-state index contributed by atoms with van der Waals surface area (Å²) in [6, 6.07) is 0. The second-order valence-electron chi connectivity index (χ2n) is 0.990. The summed E-state index contributed by atoms with van der Waals surface area (Å²) in [5, 5.41) is 4.53. The number of rotatable bonds is 0. The molecule has 0 aliphatic heterocycles. The van der Waals surface area contributed by atoms with E-state index in [0.717, 1.165) is 0 Å². The molecule has 0 aliphatic carbocycles. The minimum absolute atomic E-state index is 0.417. The van der Waals surface area contributed by atoms with E-state index in [1.807, 2.05) is 0 Å². The molecule has 0 heterocycles. The fourth-order valence-electron chi connectivity index (χ4n) is 0. The van der Waals surface area contributed by atoms with Gasteiger partial charge in [0.15, 0.2) is 0 Å².